The summed E-state index contributed by atoms with van der Waals surface area (Å²) >= 11 is 0. The van der Waals surface area contributed by atoms with E-state index >= 15 is 0 Å². The molecule has 1 N–H and O–H groups in total. The molecule has 1 aromatic rings. The first kappa shape index (κ1) is 16.5. The Balaban J connectivity index is 2.26. The summed E-state index contributed by atoms with van der Waals surface area (Å²) in [4.78, 5) is 0.265. The lowest BCUT2D eigenvalue weighted by molar-refractivity contribution is 0.199. The Hall–Kier alpha value is -0.910. The molecule has 1 fully saturated rings. The Labute approximate surface area is 127 Å². The molecular weight excluding hydrogens is 286 g/mol. The molecule has 0 amide bonds. The van der Waals surface area contributed by atoms with Crippen molar-refractivity contribution in [3.8, 4) is 0 Å². The molecule has 2 rings (SSSR count). The van der Waals surface area contributed by atoms with Crippen LogP contribution in [0, 0.1) is 5.92 Å². The van der Waals surface area contributed by atoms with E-state index < -0.39 is 16.1 Å². The van der Waals surface area contributed by atoms with Gasteiger partial charge in [0, 0.05) is 13.1 Å². The minimum Gasteiger partial charge on any atom is -0.389 e. The van der Waals surface area contributed by atoms with Crippen molar-refractivity contribution in [3.63, 3.8) is 0 Å². The van der Waals surface area contributed by atoms with E-state index in [1.165, 1.54) is 10.7 Å². The smallest absolute Gasteiger partial charge is 0.243 e. The van der Waals surface area contributed by atoms with Crippen molar-refractivity contribution in [2.45, 2.75) is 56.6 Å². The lowest BCUT2D eigenvalue weighted by Crippen LogP contribution is -2.39. The quantitative estimate of drug-likeness (QED) is 0.930. The molecule has 3 atom stereocenters. The predicted molar refractivity (Wildman–Crippen MR) is 83.4 cm³/mol. The first-order valence-electron chi connectivity index (χ1n) is 7.58. The van der Waals surface area contributed by atoms with Gasteiger partial charge in [0.15, 0.2) is 0 Å². The van der Waals surface area contributed by atoms with Gasteiger partial charge in [0.05, 0.1) is 11.0 Å². The molecule has 0 aliphatic heterocycles. The van der Waals surface area contributed by atoms with Gasteiger partial charge in [-0.3, -0.25) is 0 Å². The van der Waals surface area contributed by atoms with E-state index in [0.717, 1.165) is 19.3 Å². The maximum atomic E-state index is 12.8. The molecule has 21 heavy (non-hydrogen) atoms. The molecule has 0 radical (unpaired) electrons. The second-order valence-corrected chi connectivity index (χ2v) is 8.19. The van der Waals surface area contributed by atoms with Gasteiger partial charge in [-0.2, -0.15) is 4.31 Å². The van der Waals surface area contributed by atoms with Crippen LogP contribution >= 0.6 is 0 Å². The van der Waals surface area contributed by atoms with Crippen molar-refractivity contribution in [1.82, 2.24) is 4.31 Å². The van der Waals surface area contributed by atoms with Gasteiger partial charge in [-0.25, -0.2) is 8.42 Å². The largest absolute Gasteiger partial charge is 0.389 e. The van der Waals surface area contributed by atoms with Crippen molar-refractivity contribution in [3.05, 3.63) is 29.8 Å². The van der Waals surface area contributed by atoms with E-state index in [0.29, 0.717) is 11.5 Å². The SMILES string of the molecule is CC1CCCC(N(C)S(=O)(=O)c2cccc(C(C)O)c2)C1. The molecule has 1 saturated carbocycles. The van der Waals surface area contributed by atoms with Crippen molar-refractivity contribution in [1.29, 1.82) is 0 Å². The molecule has 1 aliphatic carbocycles. The van der Waals surface area contributed by atoms with Gasteiger partial charge in [0.2, 0.25) is 10.0 Å². The molecule has 4 nitrogen and oxygen atoms in total. The molecule has 0 heterocycles. The van der Waals surface area contributed by atoms with Gasteiger partial charge < -0.3 is 5.11 Å². The van der Waals surface area contributed by atoms with E-state index in [-0.39, 0.29) is 10.9 Å². The van der Waals surface area contributed by atoms with E-state index in [2.05, 4.69) is 6.92 Å². The summed E-state index contributed by atoms with van der Waals surface area (Å²) in [5.74, 6) is 0.574. The summed E-state index contributed by atoms with van der Waals surface area (Å²) in [6.45, 7) is 3.82. The van der Waals surface area contributed by atoms with Crippen LogP contribution in [0.25, 0.3) is 0 Å². The van der Waals surface area contributed by atoms with E-state index in [1.807, 2.05) is 0 Å². The zero-order valence-corrected chi connectivity index (χ0v) is 13.8. The van der Waals surface area contributed by atoms with E-state index in [9.17, 15) is 13.5 Å². The fraction of sp³-hybridized carbons (Fsp3) is 0.625. The number of hydrogen-bond donors (Lipinski definition) is 1. The molecule has 3 unspecified atom stereocenters. The van der Waals surface area contributed by atoms with Gasteiger partial charge >= 0.3 is 0 Å². The number of sulfonamides is 1. The first-order valence-corrected chi connectivity index (χ1v) is 9.02. The minimum absolute atomic E-state index is 0.0777. The predicted octanol–water partition coefficient (Wildman–Crippen LogP) is 2.94. The zero-order chi connectivity index (χ0) is 15.6. The lowest BCUT2D eigenvalue weighted by atomic mass is 9.87. The zero-order valence-electron chi connectivity index (χ0n) is 13.0. The summed E-state index contributed by atoms with van der Waals surface area (Å²) in [5.41, 5.74) is 0.626. The molecule has 1 aliphatic rings. The first-order chi connectivity index (χ1) is 9.82. The Morgan fingerprint density at radius 2 is 2.05 bits per heavy atom. The fourth-order valence-corrected chi connectivity index (χ4v) is 4.48. The number of nitrogens with zero attached hydrogens (tertiary/aromatic N) is 1. The third-order valence-corrected chi connectivity index (χ3v) is 6.35. The maximum absolute atomic E-state index is 12.8. The van der Waals surface area contributed by atoms with E-state index in [1.54, 1.807) is 38.2 Å². The van der Waals surface area contributed by atoms with Crippen molar-refractivity contribution in [2.75, 3.05) is 7.05 Å². The number of rotatable bonds is 4. The topological polar surface area (TPSA) is 57.6 Å². The fourth-order valence-electron chi connectivity index (χ4n) is 3.03. The van der Waals surface area contributed by atoms with Gasteiger partial charge in [-0.15, -0.1) is 0 Å². The minimum atomic E-state index is -3.50. The van der Waals surface area contributed by atoms with Crippen molar-refractivity contribution in [2.24, 2.45) is 5.92 Å². The number of aliphatic hydroxyl groups is 1. The number of aliphatic hydroxyl groups excluding tert-OH is 1. The molecule has 0 aromatic heterocycles. The van der Waals surface area contributed by atoms with Crippen LogP contribution in [0.2, 0.25) is 0 Å². The van der Waals surface area contributed by atoms with Crippen LogP contribution in [0.5, 0.6) is 0 Å². The summed E-state index contributed by atoms with van der Waals surface area (Å²) in [5, 5.41) is 9.63. The van der Waals surface area contributed by atoms with Gasteiger partial charge in [0.25, 0.3) is 0 Å². The van der Waals surface area contributed by atoms with Crippen LogP contribution in [0.1, 0.15) is 51.2 Å². The van der Waals surface area contributed by atoms with E-state index in [4.69, 9.17) is 0 Å². The molecular formula is C16H25NO3S. The average Bonchev–Trinajstić information content (AvgIpc) is 2.46. The molecule has 0 bridgehead atoms. The van der Waals surface area contributed by atoms with Crippen LogP contribution in [0.15, 0.2) is 29.2 Å². The monoisotopic (exact) mass is 311 g/mol. The summed E-state index contributed by atoms with van der Waals surface area (Å²) in [6, 6.07) is 6.68. The van der Waals surface area contributed by atoms with Gasteiger partial charge in [-0.05, 0) is 43.4 Å². The number of hydrogen-bond acceptors (Lipinski definition) is 3. The average molecular weight is 311 g/mol. The highest BCUT2D eigenvalue weighted by Crippen LogP contribution is 2.30. The van der Waals surface area contributed by atoms with Gasteiger partial charge in [-0.1, -0.05) is 31.9 Å². The standard InChI is InChI=1S/C16H25NO3S/c1-12-6-4-8-15(10-12)17(3)21(19,20)16-9-5-7-14(11-16)13(2)18/h5,7,9,11-13,15,18H,4,6,8,10H2,1-3H3. The van der Waals surface area contributed by atoms with Crippen LogP contribution in [0.4, 0.5) is 0 Å². The highest BCUT2D eigenvalue weighted by molar-refractivity contribution is 7.89. The van der Waals surface area contributed by atoms with Crippen molar-refractivity contribution >= 4 is 10.0 Å². The molecule has 5 heteroatoms. The Morgan fingerprint density at radius 1 is 1.33 bits per heavy atom. The van der Waals surface area contributed by atoms with Crippen molar-refractivity contribution < 1.29 is 13.5 Å². The van der Waals surface area contributed by atoms with Crippen LogP contribution < -0.4 is 0 Å². The Kier molecular flexibility index (Phi) is 5.07. The second kappa shape index (κ2) is 6.46. The summed E-state index contributed by atoms with van der Waals surface area (Å²) in [6.07, 6.45) is 3.45. The molecule has 0 spiro atoms. The van der Waals surface area contributed by atoms with Crippen LogP contribution in [-0.4, -0.2) is 30.9 Å². The lowest BCUT2D eigenvalue weighted by Gasteiger charge is -2.33. The third-order valence-electron chi connectivity index (χ3n) is 4.44. The van der Waals surface area contributed by atoms with Gasteiger partial charge in [0.1, 0.15) is 0 Å². The second-order valence-electron chi connectivity index (χ2n) is 6.20. The molecule has 118 valence electrons. The molecule has 0 saturated heterocycles. The van der Waals surface area contributed by atoms with Crippen LogP contribution in [0.3, 0.4) is 0 Å². The third kappa shape index (κ3) is 3.65. The summed E-state index contributed by atoms with van der Waals surface area (Å²) in [7, 11) is -1.82. The maximum Gasteiger partial charge on any atom is 0.243 e. The number of benzene rings is 1. The Morgan fingerprint density at radius 3 is 2.67 bits per heavy atom. The summed E-state index contributed by atoms with van der Waals surface area (Å²) < 4.78 is 27.0. The Bertz CT molecular complexity index is 583. The van der Waals surface area contributed by atoms with Crippen LogP contribution in [-0.2, 0) is 10.0 Å². The normalized spacial score (nSPS) is 25.0. The highest BCUT2D eigenvalue weighted by atomic mass is 32.2. The molecule has 1 aromatic carbocycles. The highest BCUT2D eigenvalue weighted by Gasteiger charge is 2.31.